The summed E-state index contributed by atoms with van der Waals surface area (Å²) in [6.45, 7) is 2.91. The Balaban J connectivity index is 1.22. The Labute approximate surface area is 196 Å². The SMILES string of the molecule is O=C(c1nccs1)N1CCN(C2CN(C(=O)c3nc(-c4ccccc4)oc3C(F)(F)F)C2)CC1. The minimum absolute atomic E-state index is 0.0240. The predicted octanol–water partition coefficient (Wildman–Crippen LogP) is 3.10. The molecule has 2 amide bonds. The molecule has 0 aliphatic carbocycles. The van der Waals surface area contributed by atoms with Gasteiger partial charge in [0, 0.05) is 62.5 Å². The molecule has 0 radical (unpaired) electrons. The molecule has 2 aliphatic rings. The quantitative estimate of drug-likeness (QED) is 0.558. The van der Waals surface area contributed by atoms with Crippen LogP contribution in [0.2, 0.25) is 0 Å². The molecule has 8 nitrogen and oxygen atoms in total. The maximum atomic E-state index is 13.5. The van der Waals surface area contributed by atoms with Gasteiger partial charge < -0.3 is 14.2 Å². The van der Waals surface area contributed by atoms with E-state index < -0.39 is 23.5 Å². The molecule has 1 aromatic carbocycles. The van der Waals surface area contributed by atoms with E-state index in [0.717, 1.165) is 0 Å². The highest BCUT2D eigenvalue weighted by Crippen LogP contribution is 2.36. The Bertz CT molecular complexity index is 1170. The molecule has 2 aromatic heterocycles. The zero-order valence-electron chi connectivity index (χ0n) is 17.9. The topological polar surface area (TPSA) is 82.8 Å². The summed E-state index contributed by atoms with van der Waals surface area (Å²) in [7, 11) is 0. The van der Waals surface area contributed by atoms with Crippen LogP contribution in [0.5, 0.6) is 0 Å². The van der Waals surface area contributed by atoms with Gasteiger partial charge in [-0.15, -0.1) is 11.3 Å². The number of hydrogen-bond acceptors (Lipinski definition) is 7. The van der Waals surface area contributed by atoms with Crippen molar-refractivity contribution < 1.29 is 27.2 Å². The Kier molecular flexibility index (Phi) is 5.86. The lowest BCUT2D eigenvalue weighted by Gasteiger charge is -2.47. The standard InChI is InChI=1S/C22H20F3N5O3S/c23-22(24,25)17-16(27-18(33-17)14-4-2-1-3-5-14)20(31)30-12-15(13-30)28-7-9-29(10-8-28)21(32)19-26-6-11-34-19/h1-6,11,15H,7-10,12-13H2. The molecule has 178 valence electrons. The largest absolute Gasteiger partial charge is 0.452 e. The van der Waals surface area contributed by atoms with Gasteiger partial charge in [-0.1, -0.05) is 18.2 Å². The second-order valence-electron chi connectivity index (χ2n) is 8.09. The average Bonchev–Trinajstić information content (AvgIpc) is 3.49. The van der Waals surface area contributed by atoms with Crippen LogP contribution in [-0.2, 0) is 6.18 Å². The first kappa shape index (κ1) is 22.5. The van der Waals surface area contributed by atoms with Gasteiger partial charge in [0.1, 0.15) is 0 Å². The molecule has 3 aromatic rings. The number of halogens is 3. The van der Waals surface area contributed by atoms with Crippen molar-refractivity contribution in [1.29, 1.82) is 0 Å². The van der Waals surface area contributed by atoms with Gasteiger partial charge in [-0.3, -0.25) is 14.5 Å². The summed E-state index contributed by atoms with van der Waals surface area (Å²) in [4.78, 5) is 38.5. The number of oxazole rings is 1. The van der Waals surface area contributed by atoms with Crippen molar-refractivity contribution in [2.75, 3.05) is 39.3 Å². The molecule has 0 unspecified atom stereocenters. The van der Waals surface area contributed by atoms with Crippen molar-refractivity contribution in [3.8, 4) is 11.5 Å². The van der Waals surface area contributed by atoms with Crippen LogP contribution in [0.15, 0.2) is 46.3 Å². The summed E-state index contributed by atoms with van der Waals surface area (Å²) in [5.41, 5.74) is -0.359. The molecule has 2 fully saturated rings. The summed E-state index contributed by atoms with van der Waals surface area (Å²) < 4.78 is 45.6. The monoisotopic (exact) mass is 491 g/mol. The lowest BCUT2D eigenvalue weighted by Crippen LogP contribution is -2.64. The van der Waals surface area contributed by atoms with Crippen LogP contribution in [-0.4, -0.2) is 81.8 Å². The van der Waals surface area contributed by atoms with Crippen molar-refractivity contribution in [2.45, 2.75) is 12.2 Å². The lowest BCUT2D eigenvalue weighted by atomic mass is 10.0. The summed E-state index contributed by atoms with van der Waals surface area (Å²) in [5.74, 6) is -2.52. The van der Waals surface area contributed by atoms with Gasteiger partial charge in [0.15, 0.2) is 10.7 Å². The molecular weight excluding hydrogens is 471 g/mol. The molecule has 5 rings (SSSR count). The smallest absolute Gasteiger partial charge is 0.431 e. The number of hydrogen-bond donors (Lipinski definition) is 0. The number of likely N-dealkylation sites (tertiary alicyclic amines) is 1. The molecule has 2 saturated heterocycles. The fourth-order valence-electron chi connectivity index (χ4n) is 4.12. The van der Waals surface area contributed by atoms with Crippen molar-refractivity contribution in [2.24, 2.45) is 0 Å². The van der Waals surface area contributed by atoms with Gasteiger partial charge in [0.05, 0.1) is 0 Å². The average molecular weight is 491 g/mol. The Morgan fingerprint density at radius 2 is 1.71 bits per heavy atom. The minimum Gasteiger partial charge on any atom is -0.431 e. The summed E-state index contributed by atoms with van der Waals surface area (Å²) in [6, 6.07) is 8.18. The number of thiazole rings is 1. The van der Waals surface area contributed by atoms with E-state index in [4.69, 9.17) is 4.42 Å². The van der Waals surface area contributed by atoms with Gasteiger partial charge in [-0.05, 0) is 12.1 Å². The second-order valence-corrected chi connectivity index (χ2v) is 8.98. The fraction of sp³-hybridized carbons (Fsp3) is 0.364. The van der Waals surface area contributed by atoms with Crippen LogP contribution < -0.4 is 0 Å². The number of carbonyl (C=O) groups excluding carboxylic acids is 2. The molecule has 2 aliphatic heterocycles. The Morgan fingerprint density at radius 1 is 1.00 bits per heavy atom. The number of carbonyl (C=O) groups is 2. The molecule has 12 heteroatoms. The van der Waals surface area contributed by atoms with E-state index in [1.807, 2.05) is 0 Å². The third-order valence-electron chi connectivity index (χ3n) is 5.99. The molecule has 0 saturated carbocycles. The van der Waals surface area contributed by atoms with E-state index in [-0.39, 0.29) is 17.8 Å². The molecule has 0 N–H and O–H groups in total. The fourth-order valence-corrected chi connectivity index (χ4v) is 4.72. The highest BCUT2D eigenvalue weighted by atomic mass is 32.1. The minimum atomic E-state index is -4.84. The Hall–Kier alpha value is -3.25. The van der Waals surface area contributed by atoms with Crippen molar-refractivity contribution in [3.05, 3.63) is 58.4 Å². The van der Waals surface area contributed by atoms with E-state index >= 15 is 0 Å². The first-order chi connectivity index (χ1) is 16.3. The van der Waals surface area contributed by atoms with E-state index in [2.05, 4.69) is 14.9 Å². The number of nitrogens with zero attached hydrogens (tertiary/aromatic N) is 5. The Morgan fingerprint density at radius 3 is 2.32 bits per heavy atom. The maximum Gasteiger partial charge on any atom is 0.452 e. The lowest BCUT2D eigenvalue weighted by molar-refractivity contribution is -0.153. The van der Waals surface area contributed by atoms with E-state index in [1.54, 1.807) is 46.8 Å². The first-order valence-electron chi connectivity index (χ1n) is 10.7. The number of amides is 2. The van der Waals surface area contributed by atoms with Gasteiger partial charge in [-0.25, -0.2) is 9.97 Å². The third kappa shape index (κ3) is 4.30. The summed E-state index contributed by atoms with van der Waals surface area (Å²) in [6.07, 6.45) is -3.24. The van der Waals surface area contributed by atoms with E-state index in [9.17, 15) is 22.8 Å². The number of piperazine rings is 1. The number of rotatable bonds is 4. The molecular formula is C22H20F3N5O3S. The van der Waals surface area contributed by atoms with Crippen molar-refractivity contribution in [3.63, 3.8) is 0 Å². The summed E-state index contributed by atoms with van der Waals surface area (Å²) in [5, 5.41) is 2.21. The van der Waals surface area contributed by atoms with Crippen molar-refractivity contribution in [1.82, 2.24) is 24.7 Å². The molecule has 4 heterocycles. The van der Waals surface area contributed by atoms with Crippen LogP contribution in [0.3, 0.4) is 0 Å². The summed E-state index contributed by atoms with van der Waals surface area (Å²) >= 11 is 1.30. The van der Waals surface area contributed by atoms with Crippen LogP contribution >= 0.6 is 11.3 Å². The zero-order valence-corrected chi connectivity index (χ0v) is 18.7. The molecule has 0 bridgehead atoms. The number of alkyl halides is 3. The highest BCUT2D eigenvalue weighted by Gasteiger charge is 2.45. The van der Waals surface area contributed by atoms with Crippen LogP contribution in [0.1, 0.15) is 26.1 Å². The normalized spacial score (nSPS) is 17.6. The van der Waals surface area contributed by atoms with Gasteiger partial charge >= 0.3 is 6.18 Å². The van der Waals surface area contributed by atoms with Gasteiger partial charge in [0.25, 0.3) is 11.8 Å². The molecule has 34 heavy (non-hydrogen) atoms. The van der Waals surface area contributed by atoms with E-state index in [0.29, 0.717) is 49.8 Å². The zero-order chi connectivity index (χ0) is 23.9. The third-order valence-corrected chi connectivity index (χ3v) is 6.75. The number of benzene rings is 1. The van der Waals surface area contributed by atoms with Crippen LogP contribution in [0.4, 0.5) is 13.2 Å². The van der Waals surface area contributed by atoms with E-state index in [1.165, 1.54) is 16.2 Å². The maximum absolute atomic E-state index is 13.5. The second kappa shape index (κ2) is 8.84. The van der Waals surface area contributed by atoms with Gasteiger partial charge in [0.2, 0.25) is 11.7 Å². The molecule has 0 spiro atoms. The van der Waals surface area contributed by atoms with Crippen LogP contribution in [0.25, 0.3) is 11.5 Å². The molecule has 0 atom stereocenters. The van der Waals surface area contributed by atoms with Gasteiger partial charge in [-0.2, -0.15) is 13.2 Å². The number of aromatic nitrogens is 2. The first-order valence-corrected chi connectivity index (χ1v) is 11.5. The highest BCUT2D eigenvalue weighted by molar-refractivity contribution is 7.11. The van der Waals surface area contributed by atoms with Crippen molar-refractivity contribution >= 4 is 23.2 Å². The van der Waals surface area contributed by atoms with Crippen LogP contribution in [0, 0.1) is 0 Å². The predicted molar refractivity (Wildman–Crippen MR) is 116 cm³/mol.